The van der Waals surface area contributed by atoms with Crippen LogP contribution in [-0.2, 0) is 14.8 Å². The Morgan fingerprint density at radius 2 is 1.92 bits per heavy atom. The summed E-state index contributed by atoms with van der Waals surface area (Å²) in [5.74, 6) is -0.600. The molecular weight excluding hydrogens is 178 g/mol. The number of rotatable bonds is 0. The third-order valence-corrected chi connectivity index (χ3v) is 3.08. The van der Waals surface area contributed by atoms with Crippen LogP contribution in [0.5, 0.6) is 0 Å². The summed E-state index contributed by atoms with van der Waals surface area (Å²) in [6, 6.07) is -0.553. The van der Waals surface area contributed by atoms with E-state index in [0.29, 0.717) is 0 Å². The first-order valence-electron chi connectivity index (χ1n) is 3.75. The summed E-state index contributed by atoms with van der Waals surface area (Å²) in [6.07, 6.45) is 0. The molecule has 0 spiro atoms. The Balaban J connectivity index is 2.93. The fraction of sp³-hybridized carbons (Fsp3) is 0.857. The van der Waals surface area contributed by atoms with Crippen molar-refractivity contribution in [3.05, 3.63) is 0 Å². The van der Waals surface area contributed by atoms with Gasteiger partial charge in [-0.2, -0.15) is 0 Å². The monoisotopic (exact) mass is 191 g/mol. The van der Waals surface area contributed by atoms with E-state index in [9.17, 15) is 13.2 Å². The molecular formula is C7H13NO3S. The molecule has 1 heterocycles. The minimum absolute atomic E-state index is 0.234. The summed E-state index contributed by atoms with van der Waals surface area (Å²) >= 11 is 0. The summed E-state index contributed by atoms with van der Waals surface area (Å²) in [5.41, 5.74) is -0.333. The number of ketones is 1. The lowest BCUT2D eigenvalue weighted by molar-refractivity contribution is -0.119. The highest BCUT2D eigenvalue weighted by molar-refractivity contribution is 7.90. The molecule has 0 aromatic rings. The Bertz CT molecular complexity index is 299. The van der Waals surface area contributed by atoms with E-state index in [1.165, 1.54) is 0 Å². The molecule has 4 nitrogen and oxygen atoms in total. The normalized spacial score (nSPS) is 29.2. The number of hydrogen-bond donors (Lipinski definition) is 1. The van der Waals surface area contributed by atoms with Crippen molar-refractivity contribution in [1.29, 1.82) is 0 Å². The Labute approximate surface area is 72.4 Å². The topological polar surface area (TPSA) is 63.2 Å². The molecule has 5 heteroatoms. The molecule has 1 aliphatic rings. The summed E-state index contributed by atoms with van der Waals surface area (Å²) in [7, 11) is -3.33. The summed E-state index contributed by atoms with van der Waals surface area (Å²) in [5, 5.41) is 0. The van der Waals surface area contributed by atoms with Gasteiger partial charge in [-0.1, -0.05) is 20.8 Å². The predicted octanol–water partition coefficient (Wildman–Crippen LogP) is -0.0968. The lowest BCUT2D eigenvalue weighted by Gasteiger charge is -2.23. The molecule has 0 aromatic carbocycles. The van der Waals surface area contributed by atoms with E-state index in [-0.39, 0.29) is 17.0 Å². The molecule has 1 unspecified atom stereocenters. The average Bonchev–Trinajstić information content (AvgIpc) is 2.03. The highest BCUT2D eigenvalue weighted by Crippen LogP contribution is 2.24. The largest absolute Gasteiger partial charge is 0.297 e. The number of carbonyl (C=O) groups excluding carboxylic acids is 1. The van der Waals surface area contributed by atoms with Gasteiger partial charge in [0.25, 0.3) is 0 Å². The van der Waals surface area contributed by atoms with Gasteiger partial charge in [0.15, 0.2) is 5.78 Å². The van der Waals surface area contributed by atoms with Crippen molar-refractivity contribution < 1.29 is 13.2 Å². The first-order chi connectivity index (χ1) is 5.22. The molecule has 1 rings (SSSR count). The second-order valence-electron chi connectivity index (χ2n) is 4.14. The van der Waals surface area contributed by atoms with Crippen molar-refractivity contribution in [2.45, 2.75) is 26.8 Å². The molecule has 70 valence electrons. The van der Waals surface area contributed by atoms with Crippen molar-refractivity contribution in [3.8, 4) is 0 Å². The zero-order chi connectivity index (χ0) is 9.57. The average molecular weight is 191 g/mol. The molecule has 1 N–H and O–H groups in total. The fourth-order valence-corrected chi connectivity index (χ4v) is 2.69. The molecule has 0 saturated carbocycles. The highest BCUT2D eigenvalue weighted by Gasteiger charge is 2.41. The van der Waals surface area contributed by atoms with Crippen LogP contribution in [-0.4, -0.2) is 26.0 Å². The number of carbonyl (C=O) groups is 1. The minimum atomic E-state index is -3.33. The molecule has 1 fully saturated rings. The first-order valence-corrected chi connectivity index (χ1v) is 5.40. The number of hydrogen-bond acceptors (Lipinski definition) is 3. The summed E-state index contributed by atoms with van der Waals surface area (Å²) in [6.45, 7) is 5.51. The van der Waals surface area contributed by atoms with Crippen LogP contribution in [0.2, 0.25) is 0 Å². The molecule has 0 radical (unpaired) electrons. The quantitative estimate of drug-likeness (QED) is 0.581. The van der Waals surface area contributed by atoms with Gasteiger partial charge < -0.3 is 0 Å². The lowest BCUT2D eigenvalue weighted by Crippen LogP contribution is -2.40. The first kappa shape index (κ1) is 9.67. The van der Waals surface area contributed by atoms with Crippen molar-refractivity contribution in [2.75, 3.05) is 5.75 Å². The standard InChI is InChI=1S/C7H13NO3S/c1-7(2,3)6-5(9)4-12(10,11)8-6/h6,8H,4H2,1-3H3. The van der Waals surface area contributed by atoms with Gasteiger partial charge in [-0.15, -0.1) is 0 Å². The summed E-state index contributed by atoms with van der Waals surface area (Å²) < 4.78 is 24.3. The van der Waals surface area contributed by atoms with Gasteiger partial charge in [0.05, 0.1) is 6.04 Å². The van der Waals surface area contributed by atoms with Crippen LogP contribution in [0, 0.1) is 5.41 Å². The van der Waals surface area contributed by atoms with Crippen LogP contribution in [0.25, 0.3) is 0 Å². The maximum atomic E-state index is 11.2. The van der Waals surface area contributed by atoms with Crippen LogP contribution in [0.4, 0.5) is 0 Å². The zero-order valence-electron chi connectivity index (χ0n) is 7.42. The third kappa shape index (κ3) is 1.84. The zero-order valence-corrected chi connectivity index (χ0v) is 8.23. The van der Waals surface area contributed by atoms with Crippen molar-refractivity contribution >= 4 is 15.8 Å². The van der Waals surface area contributed by atoms with Crippen LogP contribution in [0.15, 0.2) is 0 Å². The molecule has 0 aliphatic carbocycles. The molecule has 1 aliphatic heterocycles. The minimum Gasteiger partial charge on any atom is -0.297 e. The summed E-state index contributed by atoms with van der Waals surface area (Å²) in [4.78, 5) is 11.2. The van der Waals surface area contributed by atoms with E-state index in [1.807, 2.05) is 20.8 Å². The fourth-order valence-electron chi connectivity index (χ4n) is 1.22. The Hall–Kier alpha value is -0.420. The van der Waals surface area contributed by atoms with Gasteiger partial charge in [-0.3, -0.25) is 4.79 Å². The van der Waals surface area contributed by atoms with E-state index >= 15 is 0 Å². The number of sulfonamides is 1. The van der Waals surface area contributed by atoms with Gasteiger partial charge in [-0.25, -0.2) is 13.1 Å². The van der Waals surface area contributed by atoms with Crippen molar-refractivity contribution in [2.24, 2.45) is 5.41 Å². The van der Waals surface area contributed by atoms with E-state index in [4.69, 9.17) is 0 Å². The van der Waals surface area contributed by atoms with E-state index in [0.717, 1.165) is 0 Å². The highest BCUT2D eigenvalue weighted by atomic mass is 32.2. The molecule has 12 heavy (non-hydrogen) atoms. The van der Waals surface area contributed by atoms with Gasteiger partial charge in [0.1, 0.15) is 5.75 Å². The SMILES string of the molecule is CC(C)(C)C1NS(=O)(=O)CC1=O. The predicted molar refractivity (Wildman–Crippen MR) is 45.2 cm³/mol. The molecule has 0 aromatic heterocycles. The van der Waals surface area contributed by atoms with Crippen molar-refractivity contribution in [1.82, 2.24) is 4.72 Å². The second-order valence-corrected chi connectivity index (χ2v) is 5.90. The number of Topliss-reactive ketones (excluding diaryl/α,β-unsaturated/α-hetero) is 1. The Morgan fingerprint density at radius 3 is 2.08 bits per heavy atom. The van der Waals surface area contributed by atoms with Gasteiger partial charge in [-0.05, 0) is 5.41 Å². The Morgan fingerprint density at radius 1 is 1.42 bits per heavy atom. The Kier molecular flexibility index (Phi) is 2.04. The molecule has 0 bridgehead atoms. The van der Waals surface area contributed by atoms with E-state index < -0.39 is 16.1 Å². The van der Waals surface area contributed by atoms with Gasteiger partial charge >= 0.3 is 0 Å². The van der Waals surface area contributed by atoms with E-state index in [1.54, 1.807) is 0 Å². The van der Waals surface area contributed by atoms with Crippen LogP contribution < -0.4 is 4.72 Å². The van der Waals surface area contributed by atoms with Crippen LogP contribution in [0.1, 0.15) is 20.8 Å². The van der Waals surface area contributed by atoms with Crippen LogP contribution >= 0.6 is 0 Å². The molecule has 1 saturated heterocycles. The van der Waals surface area contributed by atoms with Gasteiger partial charge in [0.2, 0.25) is 10.0 Å². The third-order valence-electron chi connectivity index (χ3n) is 1.82. The lowest BCUT2D eigenvalue weighted by atomic mass is 9.85. The van der Waals surface area contributed by atoms with Gasteiger partial charge in [0, 0.05) is 0 Å². The van der Waals surface area contributed by atoms with Crippen molar-refractivity contribution in [3.63, 3.8) is 0 Å². The van der Waals surface area contributed by atoms with E-state index in [2.05, 4.69) is 4.72 Å². The second kappa shape index (κ2) is 2.53. The molecule has 0 amide bonds. The van der Waals surface area contributed by atoms with Crippen LogP contribution in [0.3, 0.4) is 0 Å². The smallest absolute Gasteiger partial charge is 0.219 e. The molecule has 1 atom stereocenters. The maximum Gasteiger partial charge on any atom is 0.219 e. The maximum absolute atomic E-state index is 11.2. The number of nitrogens with one attached hydrogen (secondary N) is 1.